The maximum Gasteiger partial charge on any atom is 0.309 e. The molecule has 0 saturated heterocycles. The van der Waals surface area contributed by atoms with Crippen molar-refractivity contribution in [3.63, 3.8) is 0 Å². The zero-order chi connectivity index (χ0) is 11.5. The molecule has 16 heavy (non-hydrogen) atoms. The number of aromatic nitrogens is 2. The Morgan fingerprint density at radius 1 is 1.62 bits per heavy atom. The van der Waals surface area contributed by atoms with Gasteiger partial charge in [-0.25, -0.2) is 9.97 Å². The molecule has 0 atom stereocenters. The summed E-state index contributed by atoms with van der Waals surface area (Å²) in [5.41, 5.74) is 0.628. The molecule has 1 N–H and O–H groups in total. The number of hydrogen-bond donors (Lipinski definition) is 1. The van der Waals surface area contributed by atoms with Crippen LogP contribution in [0.15, 0.2) is 6.20 Å². The average molecular weight is 222 g/mol. The summed E-state index contributed by atoms with van der Waals surface area (Å²) in [6.07, 6.45) is 4.26. The Hall–Kier alpha value is -1.72. The predicted octanol–water partition coefficient (Wildman–Crippen LogP) is 2.08. The van der Waals surface area contributed by atoms with Crippen molar-refractivity contribution < 1.29 is 4.92 Å². The third-order valence-electron chi connectivity index (χ3n) is 2.49. The van der Waals surface area contributed by atoms with E-state index >= 15 is 0 Å². The number of nitrogens with one attached hydrogen (secondary N) is 1. The van der Waals surface area contributed by atoms with Crippen molar-refractivity contribution in [3.8, 4) is 0 Å². The third-order valence-corrected chi connectivity index (χ3v) is 2.49. The van der Waals surface area contributed by atoms with E-state index in [1.54, 1.807) is 0 Å². The zero-order valence-corrected chi connectivity index (χ0v) is 9.14. The standard InChI is InChI=1S/C10H14N4O2/c1-2-5-11-10-12-6-8(14(15)16)9(13-10)7-3-4-7/h6-7H,2-5H2,1H3,(H,11,12,13). The molecule has 1 saturated carbocycles. The summed E-state index contributed by atoms with van der Waals surface area (Å²) in [6, 6.07) is 0. The van der Waals surface area contributed by atoms with Crippen LogP contribution in [-0.2, 0) is 0 Å². The summed E-state index contributed by atoms with van der Waals surface area (Å²) < 4.78 is 0. The van der Waals surface area contributed by atoms with Crippen LogP contribution in [0.3, 0.4) is 0 Å². The molecule has 6 nitrogen and oxygen atoms in total. The molecule has 0 unspecified atom stereocenters. The summed E-state index contributed by atoms with van der Waals surface area (Å²) in [6.45, 7) is 2.82. The molecular formula is C10H14N4O2. The maximum atomic E-state index is 10.8. The fourth-order valence-corrected chi connectivity index (χ4v) is 1.51. The molecule has 1 aromatic rings. The Bertz CT molecular complexity index is 404. The van der Waals surface area contributed by atoms with Crippen LogP contribution in [0.1, 0.15) is 37.8 Å². The molecule has 6 heteroatoms. The molecule has 0 amide bonds. The van der Waals surface area contributed by atoms with Crippen molar-refractivity contribution in [2.45, 2.75) is 32.1 Å². The van der Waals surface area contributed by atoms with E-state index in [1.807, 2.05) is 6.92 Å². The molecule has 0 bridgehead atoms. The van der Waals surface area contributed by atoms with E-state index in [1.165, 1.54) is 6.20 Å². The van der Waals surface area contributed by atoms with Gasteiger partial charge in [0.1, 0.15) is 11.9 Å². The van der Waals surface area contributed by atoms with Gasteiger partial charge in [0.2, 0.25) is 5.95 Å². The largest absolute Gasteiger partial charge is 0.354 e. The molecule has 0 aromatic carbocycles. The smallest absolute Gasteiger partial charge is 0.309 e. The van der Waals surface area contributed by atoms with Crippen LogP contribution in [0.25, 0.3) is 0 Å². The lowest BCUT2D eigenvalue weighted by Crippen LogP contribution is -2.07. The van der Waals surface area contributed by atoms with E-state index in [0.29, 0.717) is 11.6 Å². The van der Waals surface area contributed by atoms with Crippen LogP contribution in [-0.4, -0.2) is 21.4 Å². The first-order valence-electron chi connectivity index (χ1n) is 5.47. The van der Waals surface area contributed by atoms with E-state index in [4.69, 9.17) is 0 Å². The third kappa shape index (κ3) is 2.26. The average Bonchev–Trinajstić information content (AvgIpc) is 3.09. The molecule has 1 fully saturated rings. The minimum atomic E-state index is -0.406. The predicted molar refractivity (Wildman–Crippen MR) is 59.4 cm³/mol. The van der Waals surface area contributed by atoms with Crippen molar-refractivity contribution in [1.82, 2.24) is 9.97 Å². The van der Waals surface area contributed by atoms with E-state index in [0.717, 1.165) is 25.8 Å². The van der Waals surface area contributed by atoms with Gasteiger partial charge in [0, 0.05) is 12.5 Å². The van der Waals surface area contributed by atoms with Gasteiger partial charge in [0.15, 0.2) is 0 Å². The highest BCUT2D eigenvalue weighted by molar-refractivity contribution is 5.42. The molecule has 1 aliphatic rings. The van der Waals surface area contributed by atoms with Crippen molar-refractivity contribution in [2.24, 2.45) is 0 Å². The van der Waals surface area contributed by atoms with Crippen molar-refractivity contribution in [2.75, 3.05) is 11.9 Å². The van der Waals surface area contributed by atoms with Crippen LogP contribution in [0.5, 0.6) is 0 Å². The number of nitrogens with zero attached hydrogens (tertiary/aromatic N) is 3. The second-order valence-corrected chi connectivity index (χ2v) is 3.92. The summed E-state index contributed by atoms with van der Waals surface area (Å²) in [5.74, 6) is 0.750. The van der Waals surface area contributed by atoms with Crippen LogP contribution in [0, 0.1) is 10.1 Å². The van der Waals surface area contributed by atoms with Crippen LogP contribution < -0.4 is 5.32 Å². The lowest BCUT2D eigenvalue weighted by atomic mass is 10.2. The van der Waals surface area contributed by atoms with Gasteiger partial charge < -0.3 is 5.32 Å². The highest BCUT2D eigenvalue weighted by Crippen LogP contribution is 2.42. The summed E-state index contributed by atoms with van der Waals surface area (Å²) in [7, 11) is 0. The second-order valence-electron chi connectivity index (χ2n) is 3.92. The Morgan fingerprint density at radius 2 is 2.38 bits per heavy atom. The minimum absolute atomic E-state index is 0.0459. The Balaban J connectivity index is 2.25. The minimum Gasteiger partial charge on any atom is -0.354 e. The van der Waals surface area contributed by atoms with E-state index < -0.39 is 4.92 Å². The summed E-state index contributed by atoms with van der Waals surface area (Å²) >= 11 is 0. The molecule has 1 aliphatic carbocycles. The zero-order valence-electron chi connectivity index (χ0n) is 9.14. The van der Waals surface area contributed by atoms with Crippen LogP contribution in [0.4, 0.5) is 11.6 Å². The van der Waals surface area contributed by atoms with Gasteiger partial charge in [0.05, 0.1) is 4.92 Å². The van der Waals surface area contributed by atoms with Gasteiger partial charge in [-0.2, -0.15) is 0 Å². The fourth-order valence-electron chi connectivity index (χ4n) is 1.51. The first-order chi connectivity index (χ1) is 7.72. The van der Waals surface area contributed by atoms with Crippen LogP contribution >= 0.6 is 0 Å². The fraction of sp³-hybridized carbons (Fsp3) is 0.600. The van der Waals surface area contributed by atoms with Gasteiger partial charge in [-0.05, 0) is 19.3 Å². The molecule has 1 heterocycles. The van der Waals surface area contributed by atoms with Gasteiger partial charge in [0.25, 0.3) is 0 Å². The lowest BCUT2D eigenvalue weighted by molar-refractivity contribution is -0.386. The number of rotatable bonds is 5. The van der Waals surface area contributed by atoms with Crippen molar-refractivity contribution >= 4 is 11.6 Å². The monoisotopic (exact) mass is 222 g/mol. The molecule has 2 rings (SSSR count). The molecular weight excluding hydrogens is 208 g/mol. The molecule has 86 valence electrons. The SMILES string of the molecule is CCCNc1ncc([N+](=O)[O-])c(C2CC2)n1. The Kier molecular flexibility index (Phi) is 2.98. The topological polar surface area (TPSA) is 81.0 Å². The molecule has 0 radical (unpaired) electrons. The van der Waals surface area contributed by atoms with E-state index in [2.05, 4.69) is 15.3 Å². The molecule has 0 spiro atoms. The first kappa shape index (κ1) is 10.8. The molecule has 1 aromatic heterocycles. The summed E-state index contributed by atoms with van der Waals surface area (Å²) in [5, 5.41) is 13.8. The van der Waals surface area contributed by atoms with Gasteiger partial charge >= 0.3 is 5.69 Å². The number of hydrogen-bond acceptors (Lipinski definition) is 5. The van der Waals surface area contributed by atoms with Gasteiger partial charge in [-0.1, -0.05) is 6.92 Å². The normalized spacial score (nSPS) is 14.8. The van der Waals surface area contributed by atoms with E-state index in [-0.39, 0.29) is 11.6 Å². The molecule has 0 aliphatic heterocycles. The highest BCUT2D eigenvalue weighted by atomic mass is 16.6. The number of nitro groups is 1. The highest BCUT2D eigenvalue weighted by Gasteiger charge is 2.32. The second kappa shape index (κ2) is 4.42. The van der Waals surface area contributed by atoms with Crippen LogP contribution in [0.2, 0.25) is 0 Å². The maximum absolute atomic E-state index is 10.8. The first-order valence-corrected chi connectivity index (χ1v) is 5.47. The quantitative estimate of drug-likeness (QED) is 0.609. The lowest BCUT2D eigenvalue weighted by Gasteiger charge is -2.05. The van der Waals surface area contributed by atoms with Gasteiger partial charge in [-0.15, -0.1) is 0 Å². The summed E-state index contributed by atoms with van der Waals surface area (Å²) in [4.78, 5) is 18.6. The number of anilines is 1. The van der Waals surface area contributed by atoms with Crippen molar-refractivity contribution in [1.29, 1.82) is 0 Å². The van der Waals surface area contributed by atoms with Crippen molar-refractivity contribution in [3.05, 3.63) is 22.0 Å². The van der Waals surface area contributed by atoms with E-state index in [9.17, 15) is 10.1 Å². The van der Waals surface area contributed by atoms with Gasteiger partial charge in [-0.3, -0.25) is 10.1 Å². The Labute approximate surface area is 93.3 Å². The Morgan fingerprint density at radius 3 is 2.94 bits per heavy atom.